The van der Waals surface area contributed by atoms with Gasteiger partial charge in [-0.2, -0.15) is 0 Å². The molecule has 1 fully saturated rings. The van der Waals surface area contributed by atoms with Gasteiger partial charge in [0, 0.05) is 12.0 Å². The number of amides is 1. The summed E-state index contributed by atoms with van der Waals surface area (Å²) >= 11 is 0. The molecule has 1 unspecified atom stereocenters. The number of fused-ring (bicyclic) bond motifs is 1. The van der Waals surface area contributed by atoms with Crippen LogP contribution in [0, 0.1) is 0 Å². The van der Waals surface area contributed by atoms with Crippen molar-refractivity contribution >= 4 is 16.9 Å². The summed E-state index contributed by atoms with van der Waals surface area (Å²) in [4.78, 5) is 19.9. The number of nitrogens with zero attached hydrogens (tertiary/aromatic N) is 2. The van der Waals surface area contributed by atoms with Gasteiger partial charge in [-0.3, -0.25) is 4.79 Å². The molecule has 3 aromatic rings. The van der Waals surface area contributed by atoms with Crippen molar-refractivity contribution in [3.63, 3.8) is 0 Å². The van der Waals surface area contributed by atoms with Crippen LogP contribution in [-0.4, -0.2) is 21.0 Å². The van der Waals surface area contributed by atoms with E-state index in [1.165, 1.54) is 0 Å². The number of H-pyrrole nitrogens is 1. The summed E-state index contributed by atoms with van der Waals surface area (Å²) in [6.07, 6.45) is 2.23. The third kappa shape index (κ3) is 2.36. The van der Waals surface area contributed by atoms with Crippen LogP contribution in [0.5, 0.6) is 0 Å². The number of aromatic nitrogens is 3. The quantitative estimate of drug-likeness (QED) is 0.775. The Hall–Kier alpha value is -2.63. The molecule has 0 bridgehead atoms. The molecule has 1 amide bonds. The van der Waals surface area contributed by atoms with Crippen LogP contribution in [0.25, 0.3) is 11.0 Å². The maximum Gasteiger partial charge on any atom is 0.274 e. The van der Waals surface area contributed by atoms with E-state index >= 15 is 0 Å². The van der Waals surface area contributed by atoms with E-state index in [0.29, 0.717) is 11.6 Å². The number of benzene rings is 1. The first-order valence-corrected chi connectivity index (χ1v) is 7.43. The van der Waals surface area contributed by atoms with Gasteiger partial charge in [0.2, 0.25) is 0 Å². The van der Waals surface area contributed by atoms with Gasteiger partial charge in [0.15, 0.2) is 5.69 Å². The zero-order valence-electron chi connectivity index (χ0n) is 12.2. The van der Waals surface area contributed by atoms with Gasteiger partial charge in [0.25, 0.3) is 5.91 Å². The first-order valence-electron chi connectivity index (χ1n) is 7.43. The van der Waals surface area contributed by atoms with Crippen LogP contribution in [0.2, 0.25) is 0 Å². The van der Waals surface area contributed by atoms with Gasteiger partial charge in [-0.25, -0.2) is 4.98 Å². The average molecular weight is 296 g/mol. The lowest BCUT2D eigenvalue weighted by molar-refractivity contribution is 0.0929. The second kappa shape index (κ2) is 4.98. The molecule has 6 nitrogen and oxygen atoms in total. The SMILES string of the molecule is CC(NC(=O)c1cc(C2CC2)on1)c1nc2ccccc2[nH]1. The zero-order valence-corrected chi connectivity index (χ0v) is 12.2. The molecule has 2 N–H and O–H groups in total. The lowest BCUT2D eigenvalue weighted by Gasteiger charge is -2.09. The Morgan fingerprint density at radius 3 is 3.00 bits per heavy atom. The largest absolute Gasteiger partial charge is 0.360 e. The van der Waals surface area contributed by atoms with Crippen molar-refractivity contribution in [2.45, 2.75) is 31.7 Å². The van der Waals surface area contributed by atoms with Crippen LogP contribution >= 0.6 is 0 Å². The molecule has 4 rings (SSSR count). The second-order valence-electron chi connectivity index (χ2n) is 5.72. The minimum atomic E-state index is -0.247. The molecule has 6 heteroatoms. The molecule has 1 atom stereocenters. The Balaban J connectivity index is 1.50. The highest BCUT2D eigenvalue weighted by atomic mass is 16.5. The van der Waals surface area contributed by atoms with Gasteiger partial charge in [0.1, 0.15) is 11.6 Å². The molecule has 1 aliphatic carbocycles. The van der Waals surface area contributed by atoms with Crippen LogP contribution in [0.4, 0.5) is 0 Å². The normalized spacial score (nSPS) is 15.9. The van der Waals surface area contributed by atoms with E-state index in [1.807, 2.05) is 31.2 Å². The monoisotopic (exact) mass is 296 g/mol. The molecule has 0 aliphatic heterocycles. The Bertz CT molecular complexity index is 798. The molecule has 0 saturated heterocycles. The van der Waals surface area contributed by atoms with Crippen molar-refractivity contribution in [1.82, 2.24) is 20.4 Å². The van der Waals surface area contributed by atoms with Crippen LogP contribution < -0.4 is 5.32 Å². The number of aromatic amines is 1. The highest BCUT2D eigenvalue weighted by Crippen LogP contribution is 2.40. The highest BCUT2D eigenvalue weighted by Gasteiger charge is 2.29. The Morgan fingerprint density at radius 2 is 2.23 bits per heavy atom. The van der Waals surface area contributed by atoms with Crippen molar-refractivity contribution < 1.29 is 9.32 Å². The third-order valence-corrected chi connectivity index (χ3v) is 3.91. The van der Waals surface area contributed by atoms with Crippen molar-refractivity contribution in [1.29, 1.82) is 0 Å². The summed E-state index contributed by atoms with van der Waals surface area (Å²) in [6, 6.07) is 9.27. The Labute approximate surface area is 126 Å². The number of nitrogens with one attached hydrogen (secondary N) is 2. The van der Waals surface area contributed by atoms with Gasteiger partial charge in [0.05, 0.1) is 17.1 Å². The van der Waals surface area contributed by atoms with Crippen LogP contribution in [0.1, 0.15) is 53.8 Å². The Morgan fingerprint density at radius 1 is 1.41 bits per heavy atom. The number of hydrogen-bond acceptors (Lipinski definition) is 4. The van der Waals surface area contributed by atoms with E-state index in [9.17, 15) is 4.79 Å². The topological polar surface area (TPSA) is 83.8 Å². The fourth-order valence-corrected chi connectivity index (χ4v) is 2.47. The summed E-state index contributed by atoms with van der Waals surface area (Å²) in [5.41, 5.74) is 2.16. The van der Waals surface area contributed by atoms with Crippen molar-refractivity contribution in [2.75, 3.05) is 0 Å². The number of rotatable bonds is 4. The van der Waals surface area contributed by atoms with E-state index in [-0.39, 0.29) is 11.9 Å². The average Bonchev–Trinajstić information content (AvgIpc) is 3.10. The molecular weight excluding hydrogens is 280 g/mol. The summed E-state index contributed by atoms with van der Waals surface area (Å²) in [5, 5.41) is 6.74. The van der Waals surface area contributed by atoms with E-state index < -0.39 is 0 Å². The summed E-state index contributed by atoms with van der Waals surface area (Å²) in [6.45, 7) is 1.89. The standard InChI is InChI=1S/C16H16N4O2/c1-9(15-18-11-4-2-3-5-12(11)19-15)17-16(21)13-8-14(22-20-13)10-6-7-10/h2-5,8-10H,6-7H2,1H3,(H,17,21)(H,18,19). The van der Waals surface area contributed by atoms with Crippen molar-refractivity contribution in [3.05, 3.63) is 47.6 Å². The van der Waals surface area contributed by atoms with Crippen LogP contribution in [-0.2, 0) is 0 Å². The molecule has 2 heterocycles. The smallest absolute Gasteiger partial charge is 0.274 e. The molecule has 2 aromatic heterocycles. The predicted molar refractivity (Wildman–Crippen MR) is 80.5 cm³/mol. The molecule has 22 heavy (non-hydrogen) atoms. The van der Waals surface area contributed by atoms with Gasteiger partial charge in [-0.05, 0) is 31.9 Å². The lowest BCUT2D eigenvalue weighted by atomic mass is 10.2. The maximum absolute atomic E-state index is 12.2. The maximum atomic E-state index is 12.2. The minimum absolute atomic E-state index is 0.235. The van der Waals surface area contributed by atoms with Gasteiger partial charge < -0.3 is 14.8 Å². The zero-order chi connectivity index (χ0) is 15.1. The lowest BCUT2D eigenvalue weighted by Crippen LogP contribution is -2.27. The minimum Gasteiger partial charge on any atom is -0.360 e. The van der Waals surface area contributed by atoms with E-state index in [4.69, 9.17) is 4.52 Å². The van der Waals surface area contributed by atoms with Gasteiger partial charge >= 0.3 is 0 Å². The molecule has 1 aromatic carbocycles. The van der Waals surface area contributed by atoms with E-state index in [0.717, 1.165) is 35.5 Å². The van der Waals surface area contributed by atoms with Gasteiger partial charge in [-0.1, -0.05) is 17.3 Å². The molecular formula is C16H16N4O2. The van der Waals surface area contributed by atoms with E-state index in [1.54, 1.807) is 6.07 Å². The number of hydrogen-bond donors (Lipinski definition) is 2. The number of imidazole rings is 1. The summed E-state index contributed by atoms with van der Waals surface area (Å²) in [5.74, 6) is 1.73. The van der Waals surface area contributed by atoms with Crippen molar-refractivity contribution in [2.24, 2.45) is 0 Å². The first kappa shape index (κ1) is 13.1. The number of carbonyl (C=O) groups excluding carboxylic acids is 1. The van der Waals surface area contributed by atoms with Gasteiger partial charge in [-0.15, -0.1) is 0 Å². The molecule has 1 saturated carbocycles. The third-order valence-electron chi connectivity index (χ3n) is 3.91. The summed E-state index contributed by atoms with van der Waals surface area (Å²) in [7, 11) is 0. The Kier molecular flexibility index (Phi) is 2.96. The fourth-order valence-electron chi connectivity index (χ4n) is 2.47. The predicted octanol–water partition coefficient (Wildman–Crippen LogP) is 2.92. The van der Waals surface area contributed by atoms with Crippen LogP contribution in [0.15, 0.2) is 34.9 Å². The number of carbonyl (C=O) groups is 1. The highest BCUT2D eigenvalue weighted by molar-refractivity contribution is 5.92. The first-order chi connectivity index (χ1) is 10.7. The molecule has 1 aliphatic rings. The van der Waals surface area contributed by atoms with Crippen molar-refractivity contribution in [3.8, 4) is 0 Å². The molecule has 0 radical (unpaired) electrons. The molecule has 0 spiro atoms. The fraction of sp³-hybridized carbons (Fsp3) is 0.312. The van der Waals surface area contributed by atoms with E-state index in [2.05, 4.69) is 20.4 Å². The molecule has 112 valence electrons. The summed E-state index contributed by atoms with van der Waals surface area (Å²) < 4.78 is 5.21. The number of para-hydroxylation sites is 2. The second-order valence-corrected chi connectivity index (χ2v) is 5.72. The van der Waals surface area contributed by atoms with Crippen LogP contribution in [0.3, 0.4) is 0 Å².